The molecule has 0 aliphatic rings. The molecule has 10 heteroatoms. The minimum absolute atomic E-state index is 0. The average Bonchev–Trinajstić information content (AvgIpc) is 2.97. The first kappa shape index (κ1) is 33.1. The Morgan fingerprint density at radius 1 is 0.419 bits per heavy atom. The van der Waals surface area contributed by atoms with E-state index in [0.29, 0.717) is 17.1 Å². The molecule has 9 nitrogen and oxygen atoms in total. The third kappa shape index (κ3) is 10.4. The van der Waals surface area contributed by atoms with Crippen LogP contribution in [0.5, 0.6) is 0 Å². The van der Waals surface area contributed by atoms with Crippen molar-refractivity contribution in [3.63, 3.8) is 0 Å². The summed E-state index contributed by atoms with van der Waals surface area (Å²) in [5.41, 5.74) is 4.30. The molecule has 0 spiro atoms. The number of carboxylic acids is 3. The molecule has 0 aliphatic heterocycles. The fraction of sp³-hybridized carbons (Fsp3) is 0.0909. The predicted molar refractivity (Wildman–Crippen MR) is 159 cm³/mol. The van der Waals surface area contributed by atoms with Crippen LogP contribution >= 0.6 is 0 Å². The van der Waals surface area contributed by atoms with Gasteiger partial charge in [-0.1, -0.05) is 72.8 Å². The number of aromatic nitrogens is 3. The smallest absolute Gasteiger partial charge is 0.309 e. The molecular formula is C33H27GdN3O6. The standard InChI is InChI=1S/3C11H9NO2.Gd/c3*13-11(14)7-9-6-5-8-3-1-2-4-10(8)12-9;/h3*1-6H,7H2,(H,13,14);. The second-order valence-electron chi connectivity index (χ2n) is 9.20. The van der Waals surface area contributed by atoms with E-state index >= 15 is 0 Å². The molecule has 3 N–H and O–H groups in total. The predicted octanol–water partition coefficient (Wildman–Crippen LogP) is 5.59. The second kappa shape index (κ2) is 16.3. The number of aliphatic carboxylic acids is 3. The molecule has 0 bridgehead atoms. The second-order valence-corrected chi connectivity index (χ2v) is 9.20. The molecule has 3 heterocycles. The van der Waals surface area contributed by atoms with Crippen LogP contribution in [0.1, 0.15) is 17.1 Å². The van der Waals surface area contributed by atoms with E-state index in [1.807, 2.05) is 91.0 Å². The molecule has 3 aromatic heterocycles. The van der Waals surface area contributed by atoms with Gasteiger partial charge in [0.15, 0.2) is 0 Å². The van der Waals surface area contributed by atoms with Gasteiger partial charge in [0.1, 0.15) is 0 Å². The van der Waals surface area contributed by atoms with Crippen molar-refractivity contribution in [3.05, 3.63) is 126 Å². The number of fused-ring (bicyclic) bond motifs is 3. The molecule has 218 valence electrons. The maximum absolute atomic E-state index is 10.5. The van der Waals surface area contributed by atoms with Crippen molar-refractivity contribution in [3.8, 4) is 0 Å². The summed E-state index contributed by atoms with van der Waals surface area (Å²) in [4.78, 5) is 44.1. The van der Waals surface area contributed by atoms with Crippen molar-refractivity contribution >= 4 is 50.6 Å². The summed E-state index contributed by atoms with van der Waals surface area (Å²) in [6.45, 7) is 0. The van der Waals surface area contributed by atoms with Crippen LogP contribution in [0.2, 0.25) is 0 Å². The van der Waals surface area contributed by atoms with E-state index in [-0.39, 0.29) is 59.2 Å². The van der Waals surface area contributed by atoms with E-state index in [9.17, 15) is 14.4 Å². The molecule has 0 saturated carbocycles. The first-order valence-corrected chi connectivity index (χ1v) is 13.0. The molecule has 0 aliphatic carbocycles. The summed E-state index contributed by atoms with van der Waals surface area (Å²) in [6.07, 6.45) is -0.0689. The Labute approximate surface area is 279 Å². The number of benzene rings is 3. The summed E-state index contributed by atoms with van der Waals surface area (Å²) in [5.74, 6) is -2.56. The quantitative estimate of drug-likeness (QED) is 0.200. The molecule has 0 fully saturated rings. The van der Waals surface area contributed by atoms with Crippen LogP contribution in [0.3, 0.4) is 0 Å². The Hall–Kier alpha value is -4.38. The third-order valence-corrected chi connectivity index (χ3v) is 5.97. The number of hydrogen-bond acceptors (Lipinski definition) is 6. The van der Waals surface area contributed by atoms with Crippen LogP contribution in [-0.4, -0.2) is 48.2 Å². The van der Waals surface area contributed by atoms with Crippen molar-refractivity contribution < 1.29 is 69.6 Å². The maximum atomic E-state index is 10.5. The van der Waals surface area contributed by atoms with Gasteiger partial charge in [0.05, 0.1) is 52.9 Å². The SMILES string of the molecule is O=C(O)Cc1ccc2ccccc2n1.O=C(O)Cc1ccc2ccccc2n1.O=C(O)Cc1ccc2ccccc2n1.[Gd]. The summed E-state index contributed by atoms with van der Waals surface area (Å²) in [7, 11) is 0. The number of rotatable bonds is 6. The number of carbonyl (C=O) groups is 3. The van der Waals surface area contributed by atoms with Crippen LogP contribution in [0, 0.1) is 39.9 Å². The van der Waals surface area contributed by atoms with Gasteiger partial charge in [-0.05, 0) is 36.4 Å². The topological polar surface area (TPSA) is 151 Å². The molecule has 0 radical (unpaired) electrons. The number of carboxylic acid groups (broad SMARTS) is 3. The van der Waals surface area contributed by atoms with Crippen molar-refractivity contribution in [2.24, 2.45) is 0 Å². The minimum atomic E-state index is -0.854. The molecule has 43 heavy (non-hydrogen) atoms. The Bertz CT molecular complexity index is 1660. The zero-order valence-electron chi connectivity index (χ0n) is 22.8. The number of hydrogen-bond donors (Lipinski definition) is 3. The normalized spacial score (nSPS) is 10.0. The van der Waals surface area contributed by atoms with E-state index < -0.39 is 17.9 Å². The van der Waals surface area contributed by atoms with Crippen molar-refractivity contribution in [2.45, 2.75) is 19.3 Å². The summed E-state index contributed by atoms with van der Waals surface area (Å²) >= 11 is 0. The van der Waals surface area contributed by atoms with E-state index in [2.05, 4.69) is 15.0 Å². The van der Waals surface area contributed by atoms with Gasteiger partial charge in [-0.2, -0.15) is 0 Å². The van der Waals surface area contributed by atoms with E-state index in [1.54, 1.807) is 18.2 Å². The molecule has 0 saturated heterocycles. The Balaban J connectivity index is 0.000000175. The molecule has 6 rings (SSSR count). The monoisotopic (exact) mass is 719 g/mol. The largest absolute Gasteiger partial charge is 0.481 e. The summed E-state index contributed by atoms with van der Waals surface area (Å²) in [6, 6.07) is 33.8. The molecule has 0 atom stereocenters. The van der Waals surface area contributed by atoms with Crippen LogP contribution in [0.15, 0.2) is 109 Å². The molecular weight excluding hydrogens is 692 g/mol. The molecule has 0 unspecified atom stereocenters. The van der Waals surface area contributed by atoms with Gasteiger partial charge in [0, 0.05) is 56.1 Å². The first-order valence-electron chi connectivity index (χ1n) is 13.0. The zero-order valence-corrected chi connectivity index (χ0v) is 25.0. The van der Waals surface area contributed by atoms with Gasteiger partial charge in [-0.3, -0.25) is 29.3 Å². The maximum Gasteiger partial charge on any atom is 0.309 e. The van der Waals surface area contributed by atoms with Gasteiger partial charge in [0.25, 0.3) is 0 Å². The van der Waals surface area contributed by atoms with Gasteiger partial charge in [-0.15, -0.1) is 0 Å². The van der Waals surface area contributed by atoms with Gasteiger partial charge in [0.2, 0.25) is 0 Å². The Morgan fingerprint density at radius 3 is 0.930 bits per heavy atom. The fourth-order valence-corrected chi connectivity index (χ4v) is 4.08. The molecule has 6 aromatic rings. The fourth-order valence-electron chi connectivity index (χ4n) is 4.08. The zero-order chi connectivity index (χ0) is 29.9. The number of pyridine rings is 3. The molecule has 3 aromatic carbocycles. The molecule has 0 amide bonds. The van der Waals surface area contributed by atoms with E-state index in [1.165, 1.54) is 0 Å². The summed E-state index contributed by atoms with van der Waals surface area (Å²) in [5, 5.41) is 28.9. The van der Waals surface area contributed by atoms with E-state index in [4.69, 9.17) is 15.3 Å². The van der Waals surface area contributed by atoms with Crippen LogP contribution in [-0.2, 0) is 33.6 Å². The average molecular weight is 719 g/mol. The Kier molecular flexibility index (Phi) is 12.6. The van der Waals surface area contributed by atoms with Crippen molar-refractivity contribution in [2.75, 3.05) is 0 Å². The van der Waals surface area contributed by atoms with Crippen LogP contribution in [0.4, 0.5) is 0 Å². The van der Waals surface area contributed by atoms with Crippen molar-refractivity contribution in [1.29, 1.82) is 0 Å². The van der Waals surface area contributed by atoms with Crippen LogP contribution in [0.25, 0.3) is 32.7 Å². The van der Waals surface area contributed by atoms with Crippen LogP contribution < -0.4 is 0 Å². The Morgan fingerprint density at radius 2 is 0.674 bits per heavy atom. The third-order valence-electron chi connectivity index (χ3n) is 5.97. The van der Waals surface area contributed by atoms with E-state index in [0.717, 1.165) is 32.7 Å². The van der Waals surface area contributed by atoms with Gasteiger partial charge < -0.3 is 15.3 Å². The minimum Gasteiger partial charge on any atom is -0.481 e. The first-order chi connectivity index (χ1) is 20.3. The number of nitrogens with zero attached hydrogens (tertiary/aromatic N) is 3. The number of para-hydroxylation sites is 3. The summed E-state index contributed by atoms with van der Waals surface area (Å²) < 4.78 is 0. The van der Waals surface area contributed by atoms with Gasteiger partial charge >= 0.3 is 17.9 Å². The van der Waals surface area contributed by atoms with Gasteiger partial charge in [-0.25, -0.2) is 0 Å². The van der Waals surface area contributed by atoms with Crippen molar-refractivity contribution in [1.82, 2.24) is 15.0 Å².